The predicted molar refractivity (Wildman–Crippen MR) is 216 cm³/mol. The topological polar surface area (TPSA) is 138 Å². The number of aliphatic imine (C=N–C) groups is 2. The minimum atomic E-state index is -0.540. The van der Waals surface area contributed by atoms with Crippen molar-refractivity contribution in [1.29, 1.82) is 0 Å². The normalized spacial score (nSPS) is 16.9. The molecule has 4 aliphatic rings. The number of ether oxygens (including phenoxy) is 6. The molecule has 5 aromatic rings. The molecule has 13 nitrogen and oxygen atoms in total. The fraction of sp³-hybridized carbons (Fsp3) is 0.222. The van der Waals surface area contributed by atoms with Crippen LogP contribution in [0.2, 0.25) is 0 Å². The molecule has 0 fully saturated rings. The lowest BCUT2D eigenvalue weighted by molar-refractivity contribution is -0.142. The van der Waals surface area contributed by atoms with Gasteiger partial charge in [0, 0.05) is 48.8 Å². The zero-order chi connectivity index (χ0) is 39.9. The van der Waals surface area contributed by atoms with Crippen molar-refractivity contribution in [3.63, 3.8) is 0 Å². The van der Waals surface area contributed by atoms with Gasteiger partial charge in [-0.15, -0.1) is 0 Å². The average Bonchev–Trinajstić information content (AvgIpc) is 3.74. The molecule has 2 atom stereocenters. The van der Waals surface area contributed by atoms with Crippen LogP contribution in [-0.4, -0.2) is 70.2 Å². The zero-order valence-corrected chi connectivity index (χ0v) is 32.0. The second-order valence-corrected chi connectivity index (χ2v) is 14.2. The number of benzene rings is 5. The molecule has 0 N–H and O–H groups in total. The summed E-state index contributed by atoms with van der Waals surface area (Å²) in [4.78, 5) is 52.8. The van der Waals surface area contributed by atoms with Crippen LogP contribution in [0, 0.1) is 0 Å². The number of rotatable bonds is 11. The molecule has 0 spiro atoms. The van der Waals surface area contributed by atoms with Crippen LogP contribution in [0.25, 0.3) is 0 Å². The smallest absolute Gasteiger partial charge is 0.343 e. The van der Waals surface area contributed by atoms with Gasteiger partial charge in [0.15, 0.2) is 29.6 Å². The highest BCUT2D eigenvalue weighted by Gasteiger charge is 2.38. The molecule has 4 heterocycles. The minimum absolute atomic E-state index is 0.0666. The quantitative estimate of drug-likeness (QED) is 0.130. The Balaban J connectivity index is 0.963. The van der Waals surface area contributed by atoms with Crippen molar-refractivity contribution in [2.75, 3.05) is 37.7 Å². The number of fused-ring (bicyclic) bond motifs is 8. The van der Waals surface area contributed by atoms with Crippen LogP contribution < -0.4 is 33.5 Å². The van der Waals surface area contributed by atoms with E-state index in [1.54, 1.807) is 58.6 Å². The maximum atomic E-state index is 13.9. The first kappa shape index (κ1) is 36.5. The van der Waals surface area contributed by atoms with Crippen molar-refractivity contribution in [2.24, 2.45) is 9.98 Å². The van der Waals surface area contributed by atoms with Gasteiger partial charge in [-0.25, -0.2) is 4.79 Å². The molecule has 5 aromatic carbocycles. The van der Waals surface area contributed by atoms with Crippen LogP contribution in [0.1, 0.15) is 43.0 Å². The van der Waals surface area contributed by atoms with Gasteiger partial charge in [0.25, 0.3) is 11.8 Å². The van der Waals surface area contributed by atoms with Gasteiger partial charge >= 0.3 is 5.97 Å². The molecule has 0 radical (unpaired) electrons. The largest absolute Gasteiger partial charge is 0.493 e. The number of hydrogen-bond acceptors (Lipinski definition) is 11. The number of para-hydroxylation sites is 2. The summed E-state index contributed by atoms with van der Waals surface area (Å²) in [5.74, 6) is 1.04. The first-order valence-electron chi connectivity index (χ1n) is 18.7. The van der Waals surface area contributed by atoms with Crippen LogP contribution in [0.4, 0.5) is 22.7 Å². The fourth-order valence-corrected chi connectivity index (χ4v) is 7.88. The Morgan fingerprint density at radius 2 is 1.10 bits per heavy atom. The van der Waals surface area contributed by atoms with E-state index in [0.29, 0.717) is 75.2 Å². The van der Waals surface area contributed by atoms with E-state index >= 15 is 0 Å². The number of carbonyl (C=O) groups excluding carboxylic acids is 3. The Bertz CT molecular complexity index is 2390. The van der Waals surface area contributed by atoms with E-state index in [1.165, 1.54) is 21.3 Å². The second-order valence-electron chi connectivity index (χ2n) is 14.2. The van der Waals surface area contributed by atoms with E-state index in [2.05, 4.69) is 0 Å². The van der Waals surface area contributed by atoms with E-state index in [9.17, 15) is 14.4 Å². The number of hydrogen-bond donors (Lipinski definition) is 0. The van der Waals surface area contributed by atoms with Crippen LogP contribution in [0.15, 0.2) is 101 Å². The van der Waals surface area contributed by atoms with Crippen molar-refractivity contribution in [3.05, 3.63) is 124 Å². The first-order chi connectivity index (χ1) is 28.3. The monoisotopic (exact) mass is 778 g/mol. The van der Waals surface area contributed by atoms with E-state index < -0.39 is 5.97 Å². The van der Waals surface area contributed by atoms with Crippen LogP contribution >= 0.6 is 0 Å². The van der Waals surface area contributed by atoms with Gasteiger partial charge in [0.1, 0.15) is 19.0 Å². The van der Waals surface area contributed by atoms with E-state index in [4.69, 9.17) is 38.4 Å². The molecule has 0 unspecified atom stereocenters. The first-order valence-corrected chi connectivity index (χ1v) is 18.7. The summed E-state index contributed by atoms with van der Waals surface area (Å²) in [5, 5.41) is 0. The van der Waals surface area contributed by atoms with Gasteiger partial charge in [-0.3, -0.25) is 29.4 Å². The van der Waals surface area contributed by atoms with Gasteiger partial charge in [0.05, 0.1) is 55.9 Å². The third-order valence-corrected chi connectivity index (χ3v) is 10.7. The van der Waals surface area contributed by atoms with E-state index in [0.717, 1.165) is 22.5 Å². The Morgan fingerprint density at radius 1 is 0.621 bits per heavy atom. The summed E-state index contributed by atoms with van der Waals surface area (Å²) < 4.78 is 34.6. The minimum Gasteiger partial charge on any atom is -0.493 e. The summed E-state index contributed by atoms with van der Waals surface area (Å²) in [6.07, 6.45) is 4.98. The molecule has 0 bridgehead atoms. The number of anilines is 2. The standard InChI is InChI=1S/C45H38N4O9/c1-53-39-17-33-35(46-21-30-15-28-8-4-6-10-37(28)48(30)44(33)51)19-41(39)57-23-26-12-27(14-32(13-26)56-25-43(50)55-3)24-58-42-20-36-34(18-40(42)54-2)45(52)49-31(22-47-36)16-29-9-5-7-11-38(29)49/h4-14,17-22,30-31H,15-16,23-25H2,1-3H3/t30-,31-/m0/s1. The lowest BCUT2D eigenvalue weighted by atomic mass is 10.1. The maximum Gasteiger partial charge on any atom is 0.343 e. The lowest BCUT2D eigenvalue weighted by Gasteiger charge is -2.22. The van der Waals surface area contributed by atoms with Crippen LogP contribution in [0.3, 0.4) is 0 Å². The highest BCUT2D eigenvalue weighted by atomic mass is 16.6. The maximum absolute atomic E-state index is 13.9. The molecule has 0 aromatic heterocycles. The van der Waals surface area contributed by atoms with Crippen molar-refractivity contribution < 1.29 is 42.8 Å². The van der Waals surface area contributed by atoms with Gasteiger partial charge in [0.2, 0.25) is 0 Å². The third-order valence-electron chi connectivity index (χ3n) is 10.7. The van der Waals surface area contributed by atoms with Gasteiger partial charge < -0.3 is 28.4 Å². The van der Waals surface area contributed by atoms with Crippen molar-refractivity contribution in [2.45, 2.75) is 38.1 Å². The highest BCUT2D eigenvalue weighted by molar-refractivity contribution is 6.15. The van der Waals surface area contributed by atoms with E-state index in [1.807, 2.05) is 54.6 Å². The summed E-state index contributed by atoms with van der Waals surface area (Å²) in [6.45, 7) is -0.171. The molecule has 4 aliphatic heterocycles. The number of amides is 2. The van der Waals surface area contributed by atoms with Gasteiger partial charge in [-0.05, 0) is 64.7 Å². The van der Waals surface area contributed by atoms with Gasteiger partial charge in [-0.1, -0.05) is 36.4 Å². The number of carbonyl (C=O) groups is 3. The van der Waals surface area contributed by atoms with Crippen LogP contribution in [-0.2, 0) is 35.6 Å². The SMILES string of the molecule is COC(=O)COc1cc(COc2cc3c(cc2OC)C(=O)N2c4ccccc4C[C@H]2C=N3)cc(COc2cc3c(cc2OC)C(=O)N2c4ccccc4C[C@H]2C=N3)c1. The predicted octanol–water partition coefficient (Wildman–Crippen LogP) is 6.99. The molecule has 0 aliphatic carbocycles. The molecule has 0 saturated heterocycles. The van der Waals surface area contributed by atoms with Gasteiger partial charge in [-0.2, -0.15) is 0 Å². The molecule has 0 saturated carbocycles. The molecule has 292 valence electrons. The average molecular weight is 779 g/mol. The fourth-order valence-electron chi connectivity index (χ4n) is 7.88. The molecule has 2 amide bonds. The Kier molecular flexibility index (Phi) is 9.48. The van der Waals surface area contributed by atoms with E-state index in [-0.39, 0.29) is 43.7 Å². The Hall–Kier alpha value is -7.15. The summed E-state index contributed by atoms with van der Waals surface area (Å²) in [7, 11) is 4.33. The van der Waals surface area contributed by atoms with Crippen molar-refractivity contribution >= 4 is 53.0 Å². The highest BCUT2D eigenvalue weighted by Crippen LogP contribution is 2.43. The van der Waals surface area contributed by atoms with Crippen molar-refractivity contribution in [3.8, 4) is 28.7 Å². The van der Waals surface area contributed by atoms with Crippen molar-refractivity contribution in [1.82, 2.24) is 0 Å². The zero-order valence-electron chi connectivity index (χ0n) is 32.0. The van der Waals surface area contributed by atoms with Crippen LogP contribution in [0.5, 0.6) is 28.7 Å². The lowest BCUT2D eigenvalue weighted by Crippen LogP contribution is -2.37. The summed E-state index contributed by atoms with van der Waals surface area (Å²) in [6, 6.07) is 27.5. The number of esters is 1. The summed E-state index contributed by atoms with van der Waals surface area (Å²) >= 11 is 0. The second kappa shape index (κ2) is 15.1. The third kappa shape index (κ3) is 6.63. The molecular weight excluding hydrogens is 741 g/mol. The Morgan fingerprint density at radius 3 is 1.57 bits per heavy atom. The Labute approximate surface area is 334 Å². The molecule has 58 heavy (non-hydrogen) atoms. The molecular formula is C45H38N4O9. The number of methoxy groups -OCH3 is 3. The number of nitrogens with zero attached hydrogens (tertiary/aromatic N) is 4. The molecule has 13 heteroatoms. The summed E-state index contributed by atoms with van der Waals surface area (Å²) in [5.41, 5.74) is 7.10. The molecule has 9 rings (SSSR count).